The Morgan fingerprint density at radius 3 is 2.85 bits per heavy atom. The zero-order valence-corrected chi connectivity index (χ0v) is 11.6. The Labute approximate surface area is 119 Å². The molecule has 2 heteroatoms. The Morgan fingerprint density at radius 1 is 0.900 bits per heavy atom. The van der Waals surface area contributed by atoms with Gasteiger partial charge in [0.15, 0.2) is 0 Å². The monoisotopic (exact) mass is 265 g/mol. The first-order valence-electron chi connectivity index (χ1n) is 7.49. The summed E-state index contributed by atoms with van der Waals surface area (Å²) in [5.41, 5.74) is 6.97. The average molecular weight is 265 g/mol. The van der Waals surface area contributed by atoms with Gasteiger partial charge in [-0.25, -0.2) is 0 Å². The van der Waals surface area contributed by atoms with E-state index in [9.17, 15) is 0 Å². The highest BCUT2D eigenvalue weighted by atomic mass is 16.5. The van der Waals surface area contributed by atoms with Crippen LogP contribution < -0.4 is 10.1 Å². The van der Waals surface area contributed by atoms with Crippen molar-refractivity contribution in [3.05, 3.63) is 58.7 Å². The smallest absolute Gasteiger partial charge is 0.122 e. The fraction of sp³-hybridized carbons (Fsp3) is 0.333. The molecule has 1 N–H and O–H groups in total. The summed E-state index contributed by atoms with van der Waals surface area (Å²) < 4.78 is 5.55. The summed E-state index contributed by atoms with van der Waals surface area (Å²) in [4.78, 5) is 0. The number of rotatable bonds is 3. The molecule has 2 nitrogen and oxygen atoms in total. The maximum absolute atomic E-state index is 5.55. The van der Waals surface area contributed by atoms with E-state index in [1.165, 1.54) is 47.2 Å². The molecule has 1 aliphatic carbocycles. The summed E-state index contributed by atoms with van der Waals surface area (Å²) in [6.45, 7) is 1.71. The summed E-state index contributed by atoms with van der Waals surface area (Å²) in [5.74, 6) is 1.06. The molecule has 1 aliphatic heterocycles. The van der Waals surface area contributed by atoms with Crippen LogP contribution in [0.15, 0.2) is 36.4 Å². The number of fused-ring (bicyclic) bond motifs is 2. The van der Waals surface area contributed by atoms with E-state index in [1.54, 1.807) is 0 Å². The molecule has 0 atom stereocenters. The molecular formula is C18H19NO. The molecule has 0 saturated heterocycles. The van der Waals surface area contributed by atoms with E-state index in [-0.39, 0.29) is 0 Å². The van der Waals surface area contributed by atoms with Gasteiger partial charge in [0, 0.05) is 18.7 Å². The highest BCUT2D eigenvalue weighted by Crippen LogP contribution is 2.27. The summed E-state index contributed by atoms with van der Waals surface area (Å²) >= 11 is 0. The third-order valence-electron chi connectivity index (χ3n) is 4.35. The first-order chi connectivity index (χ1) is 9.88. The zero-order valence-electron chi connectivity index (χ0n) is 11.6. The van der Waals surface area contributed by atoms with E-state index in [0.717, 1.165) is 25.3 Å². The van der Waals surface area contributed by atoms with Crippen LogP contribution in [0.1, 0.15) is 28.7 Å². The Hall–Kier alpha value is -1.96. The lowest BCUT2D eigenvalue weighted by molar-refractivity contribution is 0.357. The minimum absolute atomic E-state index is 0.830. The molecule has 0 unspecified atom stereocenters. The number of aryl methyl sites for hydroxylation is 2. The topological polar surface area (TPSA) is 21.3 Å². The third kappa shape index (κ3) is 2.15. The van der Waals surface area contributed by atoms with Crippen molar-refractivity contribution >= 4 is 5.69 Å². The molecule has 0 aromatic heterocycles. The fourth-order valence-corrected chi connectivity index (χ4v) is 3.24. The molecule has 2 aromatic rings. The summed E-state index contributed by atoms with van der Waals surface area (Å²) in [6, 6.07) is 13.3. The summed E-state index contributed by atoms with van der Waals surface area (Å²) in [7, 11) is 0. The largest absolute Gasteiger partial charge is 0.493 e. The van der Waals surface area contributed by atoms with Crippen LogP contribution in [0.25, 0.3) is 0 Å². The highest BCUT2D eigenvalue weighted by molar-refractivity contribution is 5.51. The molecule has 0 saturated carbocycles. The van der Waals surface area contributed by atoms with Crippen LogP contribution in [0.2, 0.25) is 0 Å². The van der Waals surface area contributed by atoms with Gasteiger partial charge >= 0.3 is 0 Å². The second kappa shape index (κ2) is 4.86. The van der Waals surface area contributed by atoms with Crippen molar-refractivity contribution in [1.29, 1.82) is 0 Å². The SMILES string of the molecule is c1cc2c(cc1CNc1ccc3c(c1)CCC3)CCO2. The standard InChI is InChI=1S/C18H19NO/c1-2-14-5-6-17(11-15(14)3-1)19-12-13-4-7-18-16(10-13)8-9-20-18/h4-7,10-11,19H,1-3,8-9,12H2. The second-order valence-electron chi connectivity index (χ2n) is 5.73. The number of ether oxygens (including phenoxy) is 1. The predicted molar refractivity (Wildman–Crippen MR) is 81.4 cm³/mol. The lowest BCUT2D eigenvalue weighted by Gasteiger charge is -2.09. The van der Waals surface area contributed by atoms with E-state index in [1.807, 2.05) is 0 Å². The molecule has 0 fully saturated rings. The molecule has 2 aromatic carbocycles. The van der Waals surface area contributed by atoms with Crippen LogP contribution >= 0.6 is 0 Å². The Morgan fingerprint density at radius 2 is 1.85 bits per heavy atom. The van der Waals surface area contributed by atoms with E-state index >= 15 is 0 Å². The number of hydrogen-bond donors (Lipinski definition) is 1. The predicted octanol–water partition coefficient (Wildman–Crippen LogP) is 3.72. The Balaban J connectivity index is 1.47. The normalized spacial score (nSPS) is 15.6. The molecule has 4 rings (SSSR count). The van der Waals surface area contributed by atoms with E-state index in [0.29, 0.717) is 0 Å². The summed E-state index contributed by atoms with van der Waals surface area (Å²) in [6.07, 6.45) is 4.84. The maximum Gasteiger partial charge on any atom is 0.122 e. The van der Waals surface area contributed by atoms with Gasteiger partial charge in [-0.1, -0.05) is 18.2 Å². The number of nitrogens with one attached hydrogen (secondary N) is 1. The van der Waals surface area contributed by atoms with Crippen molar-refractivity contribution in [2.45, 2.75) is 32.2 Å². The number of anilines is 1. The molecule has 102 valence electrons. The fourth-order valence-electron chi connectivity index (χ4n) is 3.24. The number of benzene rings is 2. The molecule has 0 spiro atoms. The molecule has 2 aliphatic rings. The van der Waals surface area contributed by atoms with Gasteiger partial charge in [0.25, 0.3) is 0 Å². The first-order valence-corrected chi connectivity index (χ1v) is 7.49. The van der Waals surface area contributed by atoms with E-state index in [2.05, 4.69) is 41.7 Å². The quantitative estimate of drug-likeness (QED) is 0.913. The van der Waals surface area contributed by atoms with Gasteiger partial charge in [0.2, 0.25) is 0 Å². The zero-order chi connectivity index (χ0) is 13.4. The molecule has 20 heavy (non-hydrogen) atoms. The molecule has 0 amide bonds. The average Bonchev–Trinajstić information content (AvgIpc) is 3.12. The van der Waals surface area contributed by atoms with Crippen molar-refractivity contribution in [3.8, 4) is 5.75 Å². The van der Waals surface area contributed by atoms with Crippen LogP contribution in [0.4, 0.5) is 5.69 Å². The van der Waals surface area contributed by atoms with Gasteiger partial charge in [-0.2, -0.15) is 0 Å². The first kappa shape index (κ1) is 11.8. The second-order valence-corrected chi connectivity index (χ2v) is 5.73. The van der Waals surface area contributed by atoms with Crippen LogP contribution in [0.5, 0.6) is 5.75 Å². The number of hydrogen-bond acceptors (Lipinski definition) is 2. The minimum Gasteiger partial charge on any atom is -0.493 e. The van der Waals surface area contributed by atoms with E-state index < -0.39 is 0 Å². The van der Waals surface area contributed by atoms with Gasteiger partial charge in [0.05, 0.1) is 6.61 Å². The van der Waals surface area contributed by atoms with Gasteiger partial charge in [0.1, 0.15) is 5.75 Å². The minimum atomic E-state index is 0.830. The molecular weight excluding hydrogens is 246 g/mol. The van der Waals surface area contributed by atoms with Gasteiger partial charge in [-0.15, -0.1) is 0 Å². The van der Waals surface area contributed by atoms with Crippen molar-refractivity contribution in [3.63, 3.8) is 0 Å². The lowest BCUT2D eigenvalue weighted by Crippen LogP contribution is -2.00. The molecule has 0 radical (unpaired) electrons. The lowest BCUT2D eigenvalue weighted by atomic mass is 10.1. The van der Waals surface area contributed by atoms with Crippen LogP contribution in [-0.4, -0.2) is 6.61 Å². The van der Waals surface area contributed by atoms with Crippen LogP contribution in [0.3, 0.4) is 0 Å². The van der Waals surface area contributed by atoms with Crippen molar-refractivity contribution in [2.75, 3.05) is 11.9 Å². The summed E-state index contributed by atoms with van der Waals surface area (Å²) in [5, 5.41) is 3.54. The van der Waals surface area contributed by atoms with Gasteiger partial charge in [-0.3, -0.25) is 0 Å². The van der Waals surface area contributed by atoms with Gasteiger partial charge in [-0.05, 0) is 59.7 Å². The van der Waals surface area contributed by atoms with Crippen molar-refractivity contribution in [2.24, 2.45) is 0 Å². The molecule has 1 heterocycles. The Kier molecular flexibility index (Phi) is 2.87. The van der Waals surface area contributed by atoms with Gasteiger partial charge < -0.3 is 10.1 Å². The maximum atomic E-state index is 5.55. The highest BCUT2D eigenvalue weighted by Gasteiger charge is 2.12. The van der Waals surface area contributed by atoms with E-state index in [4.69, 9.17) is 4.74 Å². The molecule has 0 bridgehead atoms. The van der Waals surface area contributed by atoms with Crippen molar-refractivity contribution in [1.82, 2.24) is 0 Å². The van der Waals surface area contributed by atoms with Crippen LogP contribution in [0, 0.1) is 0 Å². The van der Waals surface area contributed by atoms with Crippen molar-refractivity contribution < 1.29 is 4.74 Å². The van der Waals surface area contributed by atoms with Crippen LogP contribution in [-0.2, 0) is 25.8 Å². The third-order valence-corrected chi connectivity index (χ3v) is 4.35. The Bertz CT molecular complexity index is 590.